The molecule has 2 N–H and O–H groups in total. The van der Waals surface area contributed by atoms with Crippen LogP contribution in [0, 0.1) is 12.8 Å². The Labute approximate surface area is 220 Å². The van der Waals surface area contributed by atoms with Crippen molar-refractivity contribution < 1.29 is 9.90 Å². The van der Waals surface area contributed by atoms with Gasteiger partial charge in [0.1, 0.15) is 17.6 Å². The lowest BCUT2D eigenvalue weighted by molar-refractivity contribution is -0.138. The van der Waals surface area contributed by atoms with Crippen molar-refractivity contribution in [3.8, 4) is 22.6 Å². The summed E-state index contributed by atoms with van der Waals surface area (Å²) in [5, 5.41) is 21.7. The molecule has 1 saturated heterocycles. The fraction of sp³-hybridized carbons (Fsp3) is 0.357. The van der Waals surface area contributed by atoms with Crippen molar-refractivity contribution in [3.63, 3.8) is 0 Å². The largest absolute Gasteiger partial charge is 0.480 e. The number of aromatic nitrogens is 6. The van der Waals surface area contributed by atoms with Gasteiger partial charge in [-0.3, -0.25) is 0 Å². The van der Waals surface area contributed by atoms with E-state index in [-0.39, 0.29) is 0 Å². The first kappa shape index (κ1) is 24.0. The van der Waals surface area contributed by atoms with Crippen molar-refractivity contribution in [2.24, 2.45) is 5.92 Å². The summed E-state index contributed by atoms with van der Waals surface area (Å²) in [5.41, 5.74) is 5.16. The third kappa shape index (κ3) is 5.34. The predicted octanol–water partition coefficient (Wildman–Crippen LogP) is 4.03. The Kier molecular flexibility index (Phi) is 6.45. The van der Waals surface area contributed by atoms with Crippen LogP contribution in [-0.4, -0.2) is 60.2 Å². The zero-order chi connectivity index (χ0) is 26.1. The van der Waals surface area contributed by atoms with Crippen LogP contribution in [0.3, 0.4) is 0 Å². The predicted molar refractivity (Wildman–Crippen MR) is 144 cm³/mol. The van der Waals surface area contributed by atoms with Crippen LogP contribution in [0.25, 0.3) is 22.6 Å². The average molecular weight is 511 g/mol. The van der Waals surface area contributed by atoms with E-state index in [0.29, 0.717) is 48.6 Å². The highest BCUT2D eigenvalue weighted by atomic mass is 16.4. The molecule has 0 amide bonds. The molecule has 2 aliphatic rings. The van der Waals surface area contributed by atoms with Gasteiger partial charge in [-0.25, -0.2) is 24.4 Å². The van der Waals surface area contributed by atoms with Crippen LogP contribution in [0.5, 0.6) is 0 Å². The van der Waals surface area contributed by atoms with Crippen LogP contribution < -0.4 is 10.2 Å². The number of hydrogen-bond donors (Lipinski definition) is 2. The molecule has 1 saturated carbocycles. The normalized spacial score (nSPS) is 17.1. The lowest BCUT2D eigenvalue weighted by Crippen LogP contribution is -2.36. The summed E-state index contributed by atoms with van der Waals surface area (Å²) in [4.78, 5) is 27.7. The lowest BCUT2D eigenvalue weighted by atomic mass is 10.1. The van der Waals surface area contributed by atoms with Crippen LogP contribution in [0.4, 0.5) is 11.8 Å². The number of hydrogen-bond acceptors (Lipinski definition) is 8. The van der Waals surface area contributed by atoms with Gasteiger partial charge >= 0.3 is 5.97 Å². The molecule has 4 aromatic rings. The third-order valence-electron chi connectivity index (χ3n) is 7.04. The maximum absolute atomic E-state index is 11.6. The molecule has 6 rings (SSSR count). The Morgan fingerprint density at radius 2 is 1.87 bits per heavy atom. The molecule has 1 aliphatic carbocycles. The van der Waals surface area contributed by atoms with Gasteiger partial charge in [0.2, 0.25) is 5.95 Å². The summed E-state index contributed by atoms with van der Waals surface area (Å²) < 4.78 is 1.73. The van der Waals surface area contributed by atoms with Crippen molar-refractivity contribution in [1.29, 1.82) is 0 Å². The minimum atomic E-state index is -0.809. The summed E-state index contributed by atoms with van der Waals surface area (Å²) in [7, 11) is 0. The number of carbonyl (C=O) groups is 1. The number of pyridine rings is 1. The summed E-state index contributed by atoms with van der Waals surface area (Å²) in [6.07, 6.45) is 5.83. The number of nitrogens with zero attached hydrogens (tertiary/aromatic N) is 7. The first-order chi connectivity index (χ1) is 18.5. The quantitative estimate of drug-likeness (QED) is 0.344. The second-order valence-electron chi connectivity index (χ2n) is 10.1. The minimum Gasteiger partial charge on any atom is -0.480 e. The molecule has 0 unspecified atom stereocenters. The lowest BCUT2D eigenvalue weighted by Gasteiger charge is -2.22. The molecule has 0 radical (unpaired) electrons. The van der Waals surface area contributed by atoms with Gasteiger partial charge in [0, 0.05) is 18.7 Å². The molecular formula is C28H30N8O2. The van der Waals surface area contributed by atoms with E-state index in [9.17, 15) is 9.90 Å². The molecule has 1 atom stereocenters. The highest BCUT2D eigenvalue weighted by molar-refractivity contribution is 5.78. The van der Waals surface area contributed by atoms with Crippen LogP contribution in [0.15, 0.2) is 54.7 Å². The number of aliphatic carboxylic acids is 1. The van der Waals surface area contributed by atoms with Gasteiger partial charge in [-0.15, -0.1) is 5.10 Å². The van der Waals surface area contributed by atoms with E-state index in [0.717, 1.165) is 29.9 Å². The van der Waals surface area contributed by atoms with Crippen molar-refractivity contribution in [2.75, 3.05) is 23.3 Å². The Bertz CT molecular complexity index is 1460. The SMILES string of the molecule is Cc1cccc(-c2cc(-c3cn(Cc4cccc(N5CCC[C@H]5C(=O)O)n4)nn3)nc(NCC3CC3)n2)c1. The van der Waals surface area contributed by atoms with E-state index in [1.165, 1.54) is 18.4 Å². The molecule has 10 heteroatoms. The van der Waals surface area contributed by atoms with Crippen molar-refractivity contribution in [1.82, 2.24) is 29.9 Å². The minimum absolute atomic E-state index is 0.412. The zero-order valence-electron chi connectivity index (χ0n) is 21.3. The van der Waals surface area contributed by atoms with E-state index in [4.69, 9.17) is 15.0 Å². The molecule has 1 aliphatic heterocycles. The summed E-state index contributed by atoms with van der Waals surface area (Å²) in [6.45, 7) is 4.03. The van der Waals surface area contributed by atoms with Gasteiger partial charge in [0.25, 0.3) is 0 Å². The number of anilines is 2. The molecule has 0 bridgehead atoms. The fourth-order valence-corrected chi connectivity index (χ4v) is 4.84. The zero-order valence-corrected chi connectivity index (χ0v) is 21.3. The van der Waals surface area contributed by atoms with Crippen LogP contribution in [0.2, 0.25) is 0 Å². The Morgan fingerprint density at radius 1 is 1.03 bits per heavy atom. The molecular weight excluding hydrogens is 480 g/mol. The van der Waals surface area contributed by atoms with Gasteiger partial charge in [0.05, 0.1) is 29.8 Å². The Balaban J connectivity index is 1.25. The molecule has 0 spiro atoms. The first-order valence-corrected chi connectivity index (χ1v) is 13.1. The second-order valence-corrected chi connectivity index (χ2v) is 10.1. The van der Waals surface area contributed by atoms with Crippen molar-refractivity contribution >= 4 is 17.7 Å². The van der Waals surface area contributed by atoms with E-state index in [1.54, 1.807) is 4.68 Å². The average Bonchev–Trinajstić information content (AvgIpc) is 3.40. The number of rotatable bonds is 9. The second kappa shape index (κ2) is 10.2. The maximum atomic E-state index is 11.6. The van der Waals surface area contributed by atoms with E-state index in [2.05, 4.69) is 40.8 Å². The number of nitrogens with one attached hydrogen (secondary N) is 1. The van der Waals surface area contributed by atoms with Crippen LogP contribution in [0.1, 0.15) is 36.9 Å². The molecule has 10 nitrogen and oxygen atoms in total. The topological polar surface area (TPSA) is 122 Å². The number of carboxylic acids is 1. The Hall–Kier alpha value is -4.34. The maximum Gasteiger partial charge on any atom is 0.326 e. The fourth-order valence-electron chi connectivity index (χ4n) is 4.84. The van der Waals surface area contributed by atoms with Crippen molar-refractivity contribution in [3.05, 3.63) is 66.0 Å². The van der Waals surface area contributed by atoms with Gasteiger partial charge in [-0.1, -0.05) is 35.0 Å². The third-order valence-corrected chi connectivity index (χ3v) is 7.04. The molecule has 194 valence electrons. The van der Waals surface area contributed by atoms with Crippen LogP contribution in [-0.2, 0) is 11.3 Å². The van der Waals surface area contributed by atoms with Gasteiger partial charge in [-0.2, -0.15) is 0 Å². The Morgan fingerprint density at radius 3 is 2.68 bits per heavy atom. The highest BCUT2D eigenvalue weighted by Gasteiger charge is 2.31. The number of carboxylic acid groups (broad SMARTS) is 1. The molecule has 2 fully saturated rings. The monoisotopic (exact) mass is 510 g/mol. The number of benzene rings is 1. The van der Waals surface area contributed by atoms with E-state index in [1.807, 2.05) is 41.4 Å². The van der Waals surface area contributed by atoms with E-state index < -0.39 is 12.0 Å². The summed E-state index contributed by atoms with van der Waals surface area (Å²) >= 11 is 0. The summed E-state index contributed by atoms with van der Waals surface area (Å²) in [6, 6.07) is 15.4. The first-order valence-electron chi connectivity index (χ1n) is 13.1. The molecule has 4 heterocycles. The summed E-state index contributed by atoms with van der Waals surface area (Å²) in [5.74, 6) is 1.16. The van der Waals surface area contributed by atoms with Gasteiger partial charge < -0.3 is 15.3 Å². The number of aryl methyl sites for hydroxylation is 1. The molecule has 1 aromatic carbocycles. The van der Waals surface area contributed by atoms with Gasteiger partial charge in [-0.05, 0) is 62.8 Å². The van der Waals surface area contributed by atoms with Crippen LogP contribution >= 0.6 is 0 Å². The highest BCUT2D eigenvalue weighted by Crippen LogP contribution is 2.30. The standard InChI is InChI=1S/C28H30N8O2/c1-18-5-2-6-20(13-18)22-14-23(32-28(31-22)29-15-19-10-11-19)24-17-35(34-33-24)16-21-7-3-9-26(30-21)36-12-4-8-25(36)27(37)38/h2-3,5-7,9,13-14,17,19,25H,4,8,10-12,15-16H2,1H3,(H,37,38)(H,29,31,32)/t25-/m0/s1. The van der Waals surface area contributed by atoms with E-state index >= 15 is 0 Å². The smallest absolute Gasteiger partial charge is 0.326 e. The van der Waals surface area contributed by atoms with Crippen molar-refractivity contribution in [2.45, 2.75) is 45.2 Å². The van der Waals surface area contributed by atoms with Gasteiger partial charge in [0.15, 0.2) is 0 Å². The molecule has 3 aromatic heterocycles. The molecule has 38 heavy (non-hydrogen) atoms.